The third-order valence-electron chi connectivity index (χ3n) is 4.81. The normalized spacial score (nSPS) is 16.5. The maximum Gasteiger partial charge on any atom is 0.290 e. The highest BCUT2D eigenvalue weighted by Crippen LogP contribution is 2.27. The lowest BCUT2D eigenvalue weighted by Gasteiger charge is -2.29. The molecule has 1 aliphatic carbocycles. The monoisotopic (exact) mass is 350 g/mol. The van der Waals surface area contributed by atoms with Crippen molar-refractivity contribution in [1.82, 2.24) is 10.6 Å². The molecule has 1 aromatic rings. The van der Waals surface area contributed by atoms with Crippen molar-refractivity contribution in [2.75, 3.05) is 20.6 Å². The zero-order valence-electron chi connectivity index (χ0n) is 16.5. The van der Waals surface area contributed by atoms with E-state index in [0.717, 1.165) is 12.5 Å². The first-order valence-electron chi connectivity index (χ1n) is 9.59. The van der Waals surface area contributed by atoms with Crippen LogP contribution in [0.5, 0.6) is 0 Å². The maximum atomic E-state index is 8.36. The Kier molecular flexibility index (Phi) is 15.2. The van der Waals surface area contributed by atoms with E-state index < -0.39 is 0 Å². The highest BCUT2D eigenvalue weighted by molar-refractivity contribution is 5.32. The number of carboxylic acid groups (broad SMARTS) is 1. The SMILES string of the molecule is CCC(CNC(C)C1CCCCC1)c1ccccc1.CNC.O=CO. The highest BCUT2D eigenvalue weighted by Gasteiger charge is 2.20. The van der Waals surface area contributed by atoms with Gasteiger partial charge >= 0.3 is 0 Å². The molecule has 2 unspecified atom stereocenters. The maximum absolute atomic E-state index is 8.36. The van der Waals surface area contributed by atoms with Crippen molar-refractivity contribution in [3.8, 4) is 0 Å². The molecule has 1 fully saturated rings. The molecule has 0 spiro atoms. The first-order chi connectivity index (χ1) is 12.1. The summed E-state index contributed by atoms with van der Waals surface area (Å²) in [5.74, 6) is 1.56. The topological polar surface area (TPSA) is 61.4 Å². The largest absolute Gasteiger partial charge is 0.483 e. The van der Waals surface area contributed by atoms with Crippen molar-refractivity contribution < 1.29 is 9.90 Å². The van der Waals surface area contributed by atoms with E-state index in [1.54, 1.807) is 0 Å². The van der Waals surface area contributed by atoms with Crippen LogP contribution in [0.25, 0.3) is 0 Å². The Balaban J connectivity index is 0.000000844. The van der Waals surface area contributed by atoms with Gasteiger partial charge in [0, 0.05) is 12.6 Å². The Morgan fingerprint density at radius 1 is 1.16 bits per heavy atom. The molecule has 0 saturated heterocycles. The molecule has 2 atom stereocenters. The van der Waals surface area contributed by atoms with E-state index >= 15 is 0 Å². The Morgan fingerprint density at radius 3 is 2.16 bits per heavy atom. The lowest BCUT2D eigenvalue weighted by atomic mass is 9.84. The van der Waals surface area contributed by atoms with Crippen LogP contribution in [0, 0.1) is 5.92 Å². The molecule has 1 aliphatic rings. The van der Waals surface area contributed by atoms with Gasteiger partial charge in [0.2, 0.25) is 0 Å². The minimum Gasteiger partial charge on any atom is -0.483 e. The molecule has 4 nitrogen and oxygen atoms in total. The fraction of sp³-hybridized carbons (Fsp3) is 0.667. The van der Waals surface area contributed by atoms with Crippen LogP contribution in [0.1, 0.15) is 63.9 Å². The van der Waals surface area contributed by atoms with Gasteiger partial charge in [-0.25, -0.2) is 0 Å². The number of nitrogens with one attached hydrogen (secondary N) is 2. The highest BCUT2D eigenvalue weighted by atomic mass is 16.3. The predicted octanol–water partition coefficient (Wildman–Crippen LogP) is 4.28. The Bertz CT molecular complexity index is 406. The van der Waals surface area contributed by atoms with E-state index in [1.807, 2.05) is 14.1 Å². The van der Waals surface area contributed by atoms with Gasteiger partial charge in [0.15, 0.2) is 0 Å². The molecule has 3 N–H and O–H groups in total. The summed E-state index contributed by atoms with van der Waals surface area (Å²) in [6.45, 7) is 5.55. The van der Waals surface area contributed by atoms with Gasteiger partial charge in [-0.05, 0) is 57.7 Å². The van der Waals surface area contributed by atoms with Crippen molar-refractivity contribution >= 4 is 6.47 Å². The number of hydrogen-bond donors (Lipinski definition) is 3. The van der Waals surface area contributed by atoms with Crippen LogP contribution in [-0.4, -0.2) is 38.3 Å². The fourth-order valence-electron chi connectivity index (χ4n) is 3.35. The molecule has 0 heterocycles. The molecule has 0 radical (unpaired) electrons. The summed E-state index contributed by atoms with van der Waals surface area (Å²) in [4.78, 5) is 8.36. The summed E-state index contributed by atoms with van der Waals surface area (Å²) in [7, 11) is 3.75. The van der Waals surface area contributed by atoms with Crippen LogP contribution in [-0.2, 0) is 4.79 Å². The molecule has 0 aliphatic heterocycles. The smallest absolute Gasteiger partial charge is 0.290 e. The van der Waals surface area contributed by atoms with Gasteiger partial charge in [-0.2, -0.15) is 0 Å². The molecule has 0 amide bonds. The van der Waals surface area contributed by atoms with E-state index in [2.05, 4.69) is 54.8 Å². The summed E-state index contributed by atoms with van der Waals surface area (Å²) in [5.41, 5.74) is 1.48. The van der Waals surface area contributed by atoms with E-state index in [9.17, 15) is 0 Å². The van der Waals surface area contributed by atoms with Crippen LogP contribution in [0.4, 0.5) is 0 Å². The van der Waals surface area contributed by atoms with Crippen molar-refractivity contribution in [2.45, 2.75) is 64.3 Å². The van der Waals surface area contributed by atoms with Gasteiger partial charge in [0.05, 0.1) is 0 Å². The van der Waals surface area contributed by atoms with Crippen molar-refractivity contribution in [3.05, 3.63) is 35.9 Å². The van der Waals surface area contributed by atoms with Crippen LogP contribution >= 0.6 is 0 Å². The summed E-state index contributed by atoms with van der Waals surface area (Å²) in [6.07, 6.45) is 8.39. The first kappa shape index (κ1) is 23.6. The third-order valence-corrected chi connectivity index (χ3v) is 4.81. The molecule has 0 aromatic heterocycles. The van der Waals surface area contributed by atoms with Crippen LogP contribution < -0.4 is 10.6 Å². The average molecular weight is 351 g/mol. The summed E-state index contributed by atoms with van der Waals surface area (Å²) >= 11 is 0. The van der Waals surface area contributed by atoms with Crippen LogP contribution in [0.3, 0.4) is 0 Å². The molecule has 144 valence electrons. The Morgan fingerprint density at radius 2 is 1.68 bits per heavy atom. The third kappa shape index (κ3) is 11.0. The van der Waals surface area contributed by atoms with Gasteiger partial charge in [-0.3, -0.25) is 4.79 Å². The second kappa shape index (κ2) is 16.1. The minimum atomic E-state index is -0.250. The quantitative estimate of drug-likeness (QED) is 0.670. The number of hydrogen-bond acceptors (Lipinski definition) is 3. The minimum absolute atomic E-state index is 0.250. The summed E-state index contributed by atoms with van der Waals surface area (Å²) in [6, 6.07) is 11.6. The van der Waals surface area contributed by atoms with Gasteiger partial charge < -0.3 is 15.7 Å². The zero-order chi connectivity index (χ0) is 18.9. The molecule has 1 aromatic carbocycles. The molecule has 0 bridgehead atoms. The number of benzene rings is 1. The molecule has 2 rings (SSSR count). The molecular weight excluding hydrogens is 312 g/mol. The van der Waals surface area contributed by atoms with Crippen molar-refractivity contribution in [2.24, 2.45) is 5.92 Å². The predicted molar refractivity (Wildman–Crippen MR) is 107 cm³/mol. The zero-order valence-corrected chi connectivity index (χ0v) is 16.5. The van der Waals surface area contributed by atoms with Crippen LogP contribution in [0.2, 0.25) is 0 Å². The summed E-state index contributed by atoms with van der Waals surface area (Å²) < 4.78 is 0. The van der Waals surface area contributed by atoms with Gasteiger partial charge in [0.1, 0.15) is 0 Å². The van der Waals surface area contributed by atoms with Crippen molar-refractivity contribution in [1.29, 1.82) is 0 Å². The Labute approximate surface area is 154 Å². The Hall–Kier alpha value is -1.39. The second-order valence-electron chi connectivity index (χ2n) is 6.72. The van der Waals surface area contributed by atoms with E-state index in [4.69, 9.17) is 9.90 Å². The van der Waals surface area contributed by atoms with E-state index in [-0.39, 0.29) is 6.47 Å². The number of carbonyl (C=O) groups is 1. The summed E-state index contributed by atoms with van der Waals surface area (Å²) in [5, 5.41) is 13.4. The van der Waals surface area contributed by atoms with E-state index in [1.165, 1.54) is 44.1 Å². The molecule has 1 saturated carbocycles. The molecular formula is C21H38N2O2. The lowest BCUT2D eigenvalue weighted by Crippen LogP contribution is -2.37. The molecule has 25 heavy (non-hydrogen) atoms. The van der Waals surface area contributed by atoms with Crippen molar-refractivity contribution in [3.63, 3.8) is 0 Å². The standard InChI is InChI=1S/C18H29N.C2H7N.CH2O2/c1-3-16(18-12-8-5-9-13-18)14-19-15(2)17-10-6-4-7-11-17;1-3-2;2-1-3/h5,8-9,12-13,15-17,19H,3-4,6-7,10-11,14H2,1-2H3;3H,1-2H3;1H,(H,2,3). The molecule has 4 heteroatoms. The fourth-order valence-corrected chi connectivity index (χ4v) is 3.35. The average Bonchev–Trinajstić information content (AvgIpc) is 2.65. The van der Waals surface area contributed by atoms with Gasteiger partial charge in [0.25, 0.3) is 6.47 Å². The first-order valence-corrected chi connectivity index (χ1v) is 9.59. The lowest BCUT2D eigenvalue weighted by molar-refractivity contribution is -0.122. The van der Waals surface area contributed by atoms with Crippen LogP contribution in [0.15, 0.2) is 30.3 Å². The van der Waals surface area contributed by atoms with Gasteiger partial charge in [-0.1, -0.05) is 56.5 Å². The second-order valence-corrected chi connectivity index (χ2v) is 6.72. The van der Waals surface area contributed by atoms with E-state index in [0.29, 0.717) is 12.0 Å². The van der Waals surface area contributed by atoms with Gasteiger partial charge in [-0.15, -0.1) is 0 Å². The number of rotatable bonds is 6.